The molecule has 1 aromatic heterocycles. The Morgan fingerprint density at radius 3 is 2.76 bits per heavy atom. The lowest BCUT2D eigenvalue weighted by atomic mass is 10.1. The first-order chi connectivity index (χ1) is 8.22. The van der Waals surface area contributed by atoms with Crippen molar-refractivity contribution in [3.8, 4) is 0 Å². The largest absolute Gasteiger partial charge is 0.478 e. The maximum absolute atomic E-state index is 11.0. The summed E-state index contributed by atoms with van der Waals surface area (Å²) in [6, 6.07) is 0. The van der Waals surface area contributed by atoms with Crippen LogP contribution >= 0.6 is 0 Å². The molecule has 1 N–H and O–H groups in total. The van der Waals surface area contributed by atoms with Crippen LogP contribution in [0.1, 0.15) is 66.8 Å². The lowest BCUT2D eigenvalue weighted by Gasteiger charge is -2.10. The Labute approximate surface area is 101 Å². The zero-order valence-electron chi connectivity index (χ0n) is 10.1. The van der Waals surface area contributed by atoms with E-state index in [0.29, 0.717) is 18.0 Å². The van der Waals surface area contributed by atoms with Crippen molar-refractivity contribution >= 4 is 5.97 Å². The van der Waals surface area contributed by atoms with Crippen molar-refractivity contribution in [1.29, 1.82) is 0 Å². The third-order valence-electron chi connectivity index (χ3n) is 3.32. The summed E-state index contributed by atoms with van der Waals surface area (Å²) in [4.78, 5) is 19.8. The fourth-order valence-electron chi connectivity index (χ4n) is 2.42. The van der Waals surface area contributed by atoms with Gasteiger partial charge < -0.3 is 5.11 Å². The minimum absolute atomic E-state index is 0.258. The van der Waals surface area contributed by atoms with E-state index in [4.69, 9.17) is 5.11 Å². The zero-order valence-corrected chi connectivity index (χ0v) is 10.1. The van der Waals surface area contributed by atoms with E-state index in [2.05, 4.69) is 9.97 Å². The number of carboxylic acid groups (broad SMARTS) is 1. The number of aromatic nitrogens is 2. The number of hydrogen-bond acceptors (Lipinski definition) is 3. The quantitative estimate of drug-likeness (QED) is 0.870. The van der Waals surface area contributed by atoms with E-state index in [1.807, 2.05) is 6.92 Å². The first kappa shape index (κ1) is 12.0. The first-order valence-corrected chi connectivity index (χ1v) is 6.31. The average Bonchev–Trinajstić information content (AvgIpc) is 2.82. The van der Waals surface area contributed by atoms with Crippen LogP contribution < -0.4 is 0 Å². The van der Waals surface area contributed by atoms with Crippen molar-refractivity contribution in [2.45, 2.75) is 51.4 Å². The van der Waals surface area contributed by atoms with Gasteiger partial charge in [0.2, 0.25) is 0 Å². The second-order valence-corrected chi connectivity index (χ2v) is 4.63. The van der Waals surface area contributed by atoms with Gasteiger partial charge in [-0.15, -0.1) is 0 Å². The van der Waals surface area contributed by atoms with Crippen molar-refractivity contribution in [2.75, 3.05) is 0 Å². The maximum Gasteiger partial charge on any atom is 0.339 e. The van der Waals surface area contributed by atoms with Gasteiger partial charge in [0.05, 0.1) is 11.3 Å². The normalized spacial score (nSPS) is 16.3. The van der Waals surface area contributed by atoms with Crippen LogP contribution in [0.4, 0.5) is 0 Å². The van der Waals surface area contributed by atoms with Crippen LogP contribution in [0.2, 0.25) is 0 Å². The molecule has 4 nitrogen and oxygen atoms in total. The summed E-state index contributed by atoms with van der Waals surface area (Å²) in [6.07, 6.45) is 7.84. The van der Waals surface area contributed by atoms with Crippen LogP contribution in [-0.4, -0.2) is 21.0 Å². The average molecular weight is 234 g/mol. The molecule has 1 aliphatic carbocycles. The molecule has 1 aromatic rings. The van der Waals surface area contributed by atoms with Crippen LogP contribution in [0, 0.1) is 0 Å². The minimum atomic E-state index is -0.925. The smallest absolute Gasteiger partial charge is 0.339 e. The number of aryl methyl sites for hydroxylation is 1. The third kappa shape index (κ3) is 2.62. The van der Waals surface area contributed by atoms with Crippen molar-refractivity contribution < 1.29 is 9.90 Å². The highest BCUT2D eigenvalue weighted by Gasteiger charge is 2.21. The van der Waals surface area contributed by atoms with Gasteiger partial charge in [-0.05, 0) is 19.3 Å². The molecule has 0 bridgehead atoms. The number of nitrogens with zero attached hydrogens (tertiary/aromatic N) is 2. The fraction of sp³-hybridized carbons (Fsp3) is 0.615. The van der Waals surface area contributed by atoms with Crippen molar-refractivity contribution in [3.05, 3.63) is 23.3 Å². The molecule has 0 unspecified atom stereocenters. The van der Waals surface area contributed by atoms with E-state index in [1.165, 1.54) is 19.0 Å². The van der Waals surface area contributed by atoms with Crippen LogP contribution in [0.5, 0.6) is 0 Å². The highest BCUT2D eigenvalue weighted by atomic mass is 16.4. The predicted octanol–water partition coefficient (Wildman–Crippen LogP) is 2.78. The third-order valence-corrected chi connectivity index (χ3v) is 3.32. The Balaban J connectivity index is 2.30. The van der Waals surface area contributed by atoms with Crippen LogP contribution in [0.15, 0.2) is 6.20 Å². The van der Waals surface area contributed by atoms with Crippen molar-refractivity contribution in [1.82, 2.24) is 9.97 Å². The van der Waals surface area contributed by atoms with Gasteiger partial charge in [-0.1, -0.05) is 26.2 Å². The van der Waals surface area contributed by atoms with Gasteiger partial charge in [-0.2, -0.15) is 0 Å². The van der Waals surface area contributed by atoms with Crippen LogP contribution in [0.3, 0.4) is 0 Å². The zero-order chi connectivity index (χ0) is 12.3. The van der Waals surface area contributed by atoms with E-state index in [1.54, 1.807) is 0 Å². The molecule has 0 amide bonds. The molecular weight excluding hydrogens is 216 g/mol. The Kier molecular flexibility index (Phi) is 3.71. The van der Waals surface area contributed by atoms with Crippen molar-refractivity contribution in [3.63, 3.8) is 0 Å². The molecule has 1 saturated carbocycles. The molecule has 92 valence electrons. The summed E-state index contributed by atoms with van der Waals surface area (Å²) >= 11 is 0. The van der Waals surface area contributed by atoms with E-state index >= 15 is 0 Å². The van der Waals surface area contributed by atoms with Gasteiger partial charge in [-0.25, -0.2) is 14.8 Å². The van der Waals surface area contributed by atoms with Gasteiger partial charge in [0, 0.05) is 12.1 Å². The van der Waals surface area contributed by atoms with E-state index in [9.17, 15) is 4.79 Å². The molecule has 1 aliphatic rings. The maximum atomic E-state index is 11.0. The summed E-state index contributed by atoms with van der Waals surface area (Å²) in [6.45, 7) is 2.03. The Bertz CT molecular complexity index is 412. The number of carbonyl (C=O) groups is 1. The summed E-state index contributed by atoms with van der Waals surface area (Å²) in [5.74, 6) is 0.357. The fourth-order valence-corrected chi connectivity index (χ4v) is 2.42. The van der Waals surface area contributed by atoms with E-state index in [-0.39, 0.29) is 5.56 Å². The molecule has 1 fully saturated rings. The standard InChI is InChI=1S/C13H18N2O2/c1-2-5-11-10(13(16)17)8-14-12(15-11)9-6-3-4-7-9/h8-9H,2-7H2,1H3,(H,16,17). The molecule has 1 heterocycles. The molecule has 17 heavy (non-hydrogen) atoms. The summed E-state index contributed by atoms with van der Waals surface area (Å²) in [7, 11) is 0. The SMILES string of the molecule is CCCc1nc(C2CCCC2)ncc1C(=O)O. The topological polar surface area (TPSA) is 63.1 Å². The van der Waals surface area contributed by atoms with Gasteiger partial charge in [0.15, 0.2) is 0 Å². The lowest BCUT2D eigenvalue weighted by molar-refractivity contribution is 0.0694. The summed E-state index contributed by atoms with van der Waals surface area (Å²) in [5, 5.41) is 9.07. The molecule has 0 aromatic carbocycles. The first-order valence-electron chi connectivity index (χ1n) is 6.31. The number of hydrogen-bond donors (Lipinski definition) is 1. The highest BCUT2D eigenvalue weighted by molar-refractivity contribution is 5.88. The van der Waals surface area contributed by atoms with Crippen LogP contribution in [0.25, 0.3) is 0 Å². The monoisotopic (exact) mass is 234 g/mol. The van der Waals surface area contributed by atoms with Crippen molar-refractivity contribution in [2.24, 2.45) is 0 Å². The Morgan fingerprint density at radius 2 is 2.18 bits per heavy atom. The molecule has 0 atom stereocenters. The van der Waals surface area contributed by atoms with Gasteiger partial charge in [0.1, 0.15) is 5.82 Å². The minimum Gasteiger partial charge on any atom is -0.478 e. The van der Waals surface area contributed by atoms with Gasteiger partial charge >= 0.3 is 5.97 Å². The second kappa shape index (κ2) is 5.25. The Morgan fingerprint density at radius 1 is 1.47 bits per heavy atom. The molecule has 0 spiro atoms. The number of aromatic carboxylic acids is 1. The predicted molar refractivity (Wildman–Crippen MR) is 64.2 cm³/mol. The number of rotatable bonds is 4. The molecule has 2 rings (SSSR count). The second-order valence-electron chi connectivity index (χ2n) is 4.63. The van der Waals surface area contributed by atoms with Crippen LogP contribution in [-0.2, 0) is 6.42 Å². The van der Waals surface area contributed by atoms with E-state index < -0.39 is 5.97 Å². The van der Waals surface area contributed by atoms with E-state index in [0.717, 1.165) is 25.1 Å². The number of carboxylic acids is 1. The van der Waals surface area contributed by atoms with Gasteiger partial charge in [0.25, 0.3) is 0 Å². The highest BCUT2D eigenvalue weighted by Crippen LogP contribution is 2.32. The molecule has 0 aliphatic heterocycles. The molecule has 0 saturated heterocycles. The molecule has 4 heteroatoms. The lowest BCUT2D eigenvalue weighted by Crippen LogP contribution is -2.10. The molecule has 0 radical (unpaired) electrons. The Hall–Kier alpha value is -1.45. The summed E-state index contributed by atoms with van der Waals surface area (Å²) in [5.41, 5.74) is 0.950. The summed E-state index contributed by atoms with van der Waals surface area (Å²) < 4.78 is 0. The molecular formula is C13H18N2O2. The van der Waals surface area contributed by atoms with Gasteiger partial charge in [-0.3, -0.25) is 0 Å².